The molecular formula is C7H8BrNO3. The molecule has 1 aromatic rings. The van der Waals surface area contributed by atoms with Gasteiger partial charge in [0.25, 0.3) is 0 Å². The minimum absolute atomic E-state index is 0. The Labute approximate surface area is 79.7 Å². The van der Waals surface area contributed by atoms with E-state index in [-0.39, 0.29) is 28.5 Å². The zero-order valence-electron chi connectivity index (χ0n) is 6.06. The van der Waals surface area contributed by atoms with Crippen LogP contribution < -0.4 is 10.5 Å². The van der Waals surface area contributed by atoms with Gasteiger partial charge in [-0.3, -0.25) is 0 Å². The third-order valence-corrected chi connectivity index (χ3v) is 1.08. The number of phenolic OH excluding ortho intramolecular Hbond substituents is 1. The first-order valence-corrected chi connectivity index (χ1v) is 2.95. The molecule has 1 rings (SSSR count). The molecule has 0 fully saturated rings. The maximum atomic E-state index is 10.2. The summed E-state index contributed by atoms with van der Waals surface area (Å²) in [5.41, 5.74) is 4.72. The van der Waals surface area contributed by atoms with Crippen molar-refractivity contribution in [2.75, 3.05) is 0 Å². The number of rotatable bonds is 1. The van der Waals surface area contributed by atoms with E-state index in [4.69, 9.17) is 10.8 Å². The summed E-state index contributed by atoms with van der Waals surface area (Å²) in [7, 11) is 0. The van der Waals surface area contributed by atoms with Gasteiger partial charge in [0.15, 0.2) is 11.5 Å². The SMILES string of the molecule is Br.NC(=O)Oc1ccccc1O. The predicted octanol–water partition coefficient (Wildman–Crippen LogP) is 1.43. The number of carbonyl (C=O) groups excluding carboxylic acids is 1. The normalized spacial score (nSPS) is 8.33. The van der Waals surface area contributed by atoms with Gasteiger partial charge in [-0.2, -0.15) is 0 Å². The van der Waals surface area contributed by atoms with Crippen LogP contribution in [0.5, 0.6) is 11.5 Å². The Kier molecular flexibility index (Phi) is 4.14. The van der Waals surface area contributed by atoms with E-state index in [1.165, 1.54) is 12.1 Å². The zero-order chi connectivity index (χ0) is 8.27. The van der Waals surface area contributed by atoms with Crippen LogP contribution in [0.1, 0.15) is 0 Å². The van der Waals surface area contributed by atoms with Crippen molar-refractivity contribution in [1.29, 1.82) is 0 Å². The van der Waals surface area contributed by atoms with Crippen molar-refractivity contribution in [2.24, 2.45) is 5.73 Å². The number of ether oxygens (including phenoxy) is 1. The lowest BCUT2D eigenvalue weighted by molar-refractivity contribution is 0.209. The number of nitrogens with two attached hydrogens (primary N) is 1. The quantitative estimate of drug-likeness (QED) is 0.771. The Hall–Kier alpha value is -1.23. The summed E-state index contributed by atoms with van der Waals surface area (Å²) >= 11 is 0. The molecule has 0 spiro atoms. The molecule has 1 aromatic carbocycles. The monoisotopic (exact) mass is 233 g/mol. The molecule has 12 heavy (non-hydrogen) atoms. The Morgan fingerprint density at radius 1 is 1.42 bits per heavy atom. The van der Waals surface area contributed by atoms with Crippen molar-refractivity contribution in [3.63, 3.8) is 0 Å². The third kappa shape index (κ3) is 2.79. The molecular weight excluding hydrogens is 226 g/mol. The molecule has 0 aliphatic heterocycles. The second kappa shape index (κ2) is 4.61. The van der Waals surface area contributed by atoms with E-state index in [1.807, 2.05) is 0 Å². The molecule has 0 saturated heterocycles. The van der Waals surface area contributed by atoms with Gasteiger partial charge in [-0.25, -0.2) is 4.79 Å². The molecule has 0 aromatic heterocycles. The lowest BCUT2D eigenvalue weighted by Gasteiger charge is -2.00. The third-order valence-electron chi connectivity index (χ3n) is 1.08. The molecule has 0 aliphatic rings. The van der Waals surface area contributed by atoms with Crippen molar-refractivity contribution >= 4 is 23.1 Å². The molecule has 0 atom stereocenters. The number of aromatic hydroxyl groups is 1. The van der Waals surface area contributed by atoms with Gasteiger partial charge in [0.05, 0.1) is 0 Å². The van der Waals surface area contributed by atoms with Crippen LogP contribution in [0.25, 0.3) is 0 Å². The topological polar surface area (TPSA) is 72.6 Å². The molecule has 0 radical (unpaired) electrons. The van der Waals surface area contributed by atoms with Crippen molar-refractivity contribution in [3.05, 3.63) is 24.3 Å². The number of primary amides is 1. The van der Waals surface area contributed by atoms with Crippen molar-refractivity contribution in [2.45, 2.75) is 0 Å². The summed E-state index contributed by atoms with van der Waals surface area (Å²) in [5.74, 6) is -0.0358. The summed E-state index contributed by atoms with van der Waals surface area (Å²) in [5, 5.41) is 9.03. The molecule has 0 heterocycles. The molecule has 3 N–H and O–H groups in total. The number of carbonyl (C=O) groups is 1. The van der Waals surface area contributed by atoms with Crippen LogP contribution in [0.4, 0.5) is 4.79 Å². The molecule has 0 saturated carbocycles. The van der Waals surface area contributed by atoms with E-state index >= 15 is 0 Å². The highest BCUT2D eigenvalue weighted by molar-refractivity contribution is 8.93. The summed E-state index contributed by atoms with van der Waals surface area (Å²) in [4.78, 5) is 10.2. The van der Waals surface area contributed by atoms with Gasteiger partial charge in [0, 0.05) is 0 Å². The number of benzene rings is 1. The minimum Gasteiger partial charge on any atom is -0.504 e. The van der Waals surface area contributed by atoms with E-state index < -0.39 is 6.09 Å². The average Bonchev–Trinajstić information content (AvgIpc) is 1.93. The van der Waals surface area contributed by atoms with E-state index in [0.717, 1.165) is 0 Å². The molecule has 5 heteroatoms. The van der Waals surface area contributed by atoms with Gasteiger partial charge < -0.3 is 15.6 Å². The van der Waals surface area contributed by atoms with Crippen molar-refractivity contribution in [1.82, 2.24) is 0 Å². The fraction of sp³-hybridized carbons (Fsp3) is 0. The van der Waals surface area contributed by atoms with Crippen LogP contribution in [-0.2, 0) is 0 Å². The summed E-state index contributed by atoms with van der Waals surface area (Å²) in [6.07, 6.45) is -0.938. The number of amides is 1. The van der Waals surface area contributed by atoms with Crippen LogP contribution in [0.15, 0.2) is 24.3 Å². The molecule has 1 amide bonds. The standard InChI is InChI=1S/C7H7NO3.BrH/c8-7(10)11-6-4-2-1-3-5(6)9;/h1-4,9H,(H2,8,10);1H. The molecule has 4 nitrogen and oxygen atoms in total. The molecule has 0 bridgehead atoms. The highest BCUT2D eigenvalue weighted by atomic mass is 79.9. The smallest absolute Gasteiger partial charge is 0.410 e. The van der Waals surface area contributed by atoms with Gasteiger partial charge in [-0.15, -0.1) is 17.0 Å². The maximum absolute atomic E-state index is 10.2. The highest BCUT2D eigenvalue weighted by Gasteiger charge is 2.02. The maximum Gasteiger partial charge on any atom is 0.410 e. The number of hydrogen-bond donors (Lipinski definition) is 2. The lowest BCUT2D eigenvalue weighted by atomic mass is 10.3. The van der Waals surface area contributed by atoms with Gasteiger partial charge in [0.1, 0.15) is 0 Å². The average molecular weight is 234 g/mol. The minimum atomic E-state index is -0.938. The van der Waals surface area contributed by atoms with Gasteiger partial charge in [-0.05, 0) is 12.1 Å². The fourth-order valence-electron chi connectivity index (χ4n) is 0.652. The van der Waals surface area contributed by atoms with Crippen LogP contribution in [0.3, 0.4) is 0 Å². The number of phenols is 1. The van der Waals surface area contributed by atoms with E-state index in [1.54, 1.807) is 12.1 Å². The Balaban J connectivity index is 0.00000121. The highest BCUT2D eigenvalue weighted by Crippen LogP contribution is 2.23. The fourth-order valence-corrected chi connectivity index (χ4v) is 0.652. The first-order chi connectivity index (χ1) is 5.20. The van der Waals surface area contributed by atoms with Crippen molar-refractivity contribution < 1.29 is 14.6 Å². The molecule has 0 unspecified atom stereocenters. The van der Waals surface area contributed by atoms with Gasteiger partial charge >= 0.3 is 6.09 Å². The number of para-hydroxylation sites is 2. The van der Waals surface area contributed by atoms with Crippen LogP contribution >= 0.6 is 17.0 Å². The summed E-state index contributed by atoms with van der Waals surface area (Å²) < 4.78 is 4.43. The lowest BCUT2D eigenvalue weighted by Crippen LogP contribution is -2.16. The Morgan fingerprint density at radius 2 is 2.00 bits per heavy atom. The number of hydrogen-bond acceptors (Lipinski definition) is 3. The first kappa shape index (κ1) is 10.8. The Morgan fingerprint density at radius 3 is 2.50 bits per heavy atom. The number of halogens is 1. The zero-order valence-corrected chi connectivity index (χ0v) is 7.77. The molecule has 66 valence electrons. The van der Waals surface area contributed by atoms with Crippen LogP contribution in [0, 0.1) is 0 Å². The van der Waals surface area contributed by atoms with Gasteiger partial charge in [0.2, 0.25) is 0 Å². The van der Waals surface area contributed by atoms with E-state index in [9.17, 15) is 4.79 Å². The van der Waals surface area contributed by atoms with Gasteiger partial charge in [-0.1, -0.05) is 12.1 Å². The Bertz CT molecular complexity index is 277. The van der Waals surface area contributed by atoms with Crippen LogP contribution in [0.2, 0.25) is 0 Å². The summed E-state index contributed by atoms with van der Waals surface area (Å²) in [6.45, 7) is 0. The van der Waals surface area contributed by atoms with Crippen LogP contribution in [-0.4, -0.2) is 11.2 Å². The second-order valence-electron chi connectivity index (χ2n) is 1.89. The summed E-state index contributed by atoms with van der Waals surface area (Å²) in [6, 6.07) is 6.08. The largest absolute Gasteiger partial charge is 0.504 e. The van der Waals surface area contributed by atoms with E-state index in [2.05, 4.69) is 4.74 Å². The molecule has 0 aliphatic carbocycles. The van der Waals surface area contributed by atoms with E-state index in [0.29, 0.717) is 0 Å². The van der Waals surface area contributed by atoms with Crippen molar-refractivity contribution in [3.8, 4) is 11.5 Å². The predicted molar refractivity (Wildman–Crippen MR) is 48.6 cm³/mol. The second-order valence-corrected chi connectivity index (χ2v) is 1.89. The first-order valence-electron chi connectivity index (χ1n) is 2.95.